The number of rotatable bonds is 7. The number of thiophene rings is 1. The first-order chi connectivity index (χ1) is 12.5. The molecule has 0 spiro atoms. The highest BCUT2D eigenvalue weighted by molar-refractivity contribution is 14.0. The normalized spacial score (nSPS) is 16.8. The molecule has 8 heteroatoms. The number of halogens is 1. The van der Waals surface area contributed by atoms with Crippen molar-refractivity contribution in [2.45, 2.75) is 33.2 Å². The molecule has 0 saturated carbocycles. The van der Waals surface area contributed by atoms with Gasteiger partial charge in [0.1, 0.15) is 0 Å². The molecule has 0 aliphatic carbocycles. The number of amides is 1. The maximum atomic E-state index is 11.9. The summed E-state index contributed by atoms with van der Waals surface area (Å²) < 4.78 is 0. The molecule has 154 valence electrons. The van der Waals surface area contributed by atoms with Crippen LogP contribution in [0.5, 0.6) is 0 Å². The second kappa shape index (κ2) is 12.6. The number of guanidine groups is 1. The average molecular weight is 507 g/mol. The van der Waals surface area contributed by atoms with Crippen molar-refractivity contribution in [3.05, 3.63) is 22.4 Å². The second-order valence-electron chi connectivity index (χ2n) is 7.30. The van der Waals surface area contributed by atoms with Crippen LogP contribution in [0.15, 0.2) is 22.5 Å². The van der Waals surface area contributed by atoms with E-state index in [0.29, 0.717) is 12.5 Å². The predicted octanol–water partition coefficient (Wildman–Crippen LogP) is 2.26. The summed E-state index contributed by atoms with van der Waals surface area (Å²) in [4.78, 5) is 22.3. The van der Waals surface area contributed by atoms with Crippen LogP contribution in [-0.4, -0.2) is 74.0 Å². The molecule has 1 aliphatic heterocycles. The van der Waals surface area contributed by atoms with E-state index in [9.17, 15) is 4.79 Å². The summed E-state index contributed by atoms with van der Waals surface area (Å²) >= 11 is 1.82. The maximum Gasteiger partial charge on any atom is 0.234 e. The molecular weight excluding hydrogens is 473 g/mol. The molecule has 1 amide bonds. The van der Waals surface area contributed by atoms with Crippen molar-refractivity contribution >= 4 is 47.2 Å². The van der Waals surface area contributed by atoms with Crippen LogP contribution >= 0.6 is 35.3 Å². The van der Waals surface area contributed by atoms with E-state index in [1.54, 1.807) is 0 Å². The fraction of sp³-hybridized carbons (Fsp3) is 0.684. The molecular formula is C19H34IN5OS. The zero-order valence-electron chi connectivity index (χ0n) is 16.9. The Hall–Kier alpha value is -0.870. The van der Waals surface area contributed by atoms with Gasteiger partial charge in [0, 0.05) is 50.7 Å². The third kappa shape index (κ3) is 8.78. The molecule has 2 N–H and O–H groups in total. The van der Waals surface area contributed by atoms with Crippen molar-refractivity contribution < 1.29 is 4.79 Å². The van der Waals surface area contributed by atoms with Gasteiger partial charge < -0.3 is 15.5 Å². The molecule has 6 nitrogen and oxygen atoms in total. The fourth-order valence-electron chi connectivity index (χ4n) is 3.13. The molecule has 1 fully saturated rings. The lowest BCUT2D eigenvalue weighted by atomic mass is 10.1. The minimum absolute atomic E-state index is 0. The number of nitrogens with one attached hydrogen (secondary N) is 2. The zero-order chi connectivity index (χ0) is 18.9. The Kier molecular flexibility index (Phi) is 11.2. The molecule has 27 heavy (non-hydrogen) atoms. The SMILES string of the molecule is CN=C(NCC(C)Cc1cccs1)N1CCN(CC(=O)NC(C)C)CC1.I. The van der Waals surface area contributed by atoms with Gasteiger partial charge in [0.25, 0.3) is 0 Å². The predicted molar refractivity (Wildman–Crippen MR) is 125 cm³/mol. The van der Waals surface area contributed by atoms with Gasteiger partial charge in [-0.05, 0) is 37.6 Å². The van der Waals surface area contributed by atoms with E-state index < -0.39 is 0 Å². The van der Waals surface area contributed by atoms with E-state index >= 15 is 0 Å². The van der Waals surface area contributed by atoms with E-state index in [4.69, 9.17) is 0 Å². The van der Waals surface area contributed by atoms with E-state index in [0.717, 1.165) is 45.1 Å². The lowest BCUT2D eigenvalue weighted by molar-refractivity contribution is -0.123. The topological polar surface area (TPSA) is 60.0 Å². The van der Waals surface area contributed by atoms with E-state index in [-0.39, 0.29) is 35.9 Å². The summed E-state index contributed by atoms with van der Waals surface area (Å²) in [6.45, 7) is 11.2. The third-order valence-electron chi connectivity index (χ3n) is 4.44. The van der Waals surface area contributed by atoms with Crippen molar-refractivity contribution in [2.75, 3.05) is 46.3 Å². The third-order valence-corrected chi connectivity index (χ3v) is 5.34. The standard InChI is InChI=1S/C19H33N5OS.HI/c1-15(2)22-18(25)14-23-7-9-24(10-8-23)19(20-4)21-13-16(3)12-17-6-5-11-26-17;/h5-6,11,15-16H,7-10,12-14H2,1-4H3,(H,20,21)(H,22,25);1H. The Bertz CT molecular complexity index is 571. The van der Waals surface area contributed by atoms with Crippen LogP contribution in [0, 0.1) is 5.92 Å². The van der Waals surface area contributed by atoms with Crippen molar-refractivity contribution in [2.24, 2.45) is 10.9 Å². The number of hydrogen-bond donors (Lipinski definition) is 2. The van der Waals surface area contributed by atoms with Crippen molar-refractivity contribution in [1.29, 1.82) is 0 Å². The molecule has 2 heterocycles. The molecule has 1 aromatic heterocycles. The number of carbonyl (C=O) groups is 1. The summed E-state index contributed by atoms with van der Waals surface area (Å²) in [6, 6.07) is 4.51. The maximum absolute atomic E-state index is 11.9. The molecule has 0 bridgehead atoms. The lowest BCUT2D eigenvalue weighted by Crippen LogP contribution is -2.54. The minimum Gasteiger partial charge on any atom is -0.356 e. The highest BCUT2D eigenvalue weighted by Crippen LogP contribution is 2.14. The fourth-order valence-corrected chi connectivity index (χ4v) is 4.00. The first kappa shape index (κ1) is 24.2. The van der Waals surface area contributed by atoms with Gasteiger partial charge in [0.2, 0.25) is 5.91 Å². The average Bonchev–Trinajstić information content (AvgIpc) is 3.09. The monoisotopic (exact) mass is 507 g/mol. The number of aliphatic imine (C=N–C) groups is 1. The van der Waals surface area contributed by atoms with Gasteiger partial charge in [-0.15, -0.1) is 35.3 Å². The van der Waals surface area contributed by atoms with Gasteiger partial charge in [-0.25, -0.2) is 0 Å². The van der Waals surface area contributed by atoms with Crippen LogP contribution in [0.25, 0.3) is 0 Å². The molecule has 1 atom stereocenters. The van der Waals surface area contributed by atoms with Gasteiger partial charge >= 0.3 is 0 Å². The highest BCUT2D eigenvalue weighted by Gasteiger charge is 2.21. The molecule has 0 aromatic carbocycles. The van der Waals surface area contributed by atoms with Gasteiger partial charge in [0.05, 0.1) is 6.54 Å². The summed E-state index contributed by atoms with van der Waals surface area (Å²) in [6.07, 6.45) is 1.10. The smallest absolute Gasteiger partial charge is 0.234 e. The van der Waals surface area contributed by atoms with Gasteiger partial charge in [-0.2, -0.15) is 0 Å². The largest absolute Gasteiger partial charge is 0.356 e. The number of hydrogen-bond acceptors (Lipinski definition) is 4. The van der Waals surface area contributed by atoms with Crippen molar-refractivity contribution in [3.63, 3.8) is 0 Å². The number of carbonyl (C=O) groups excluding carboxylic acids is 1. The minimum atomic E-state index is 0. The number of piperazine rings is 1. The van der Waals surface area contributed by atoms with E-state index in [1.165, 1.54) is 4.88 Å². The van der Waals surface area contributed by atoms with Crippen molar-refractivity contribution in [3.8, 4) is 0 Å². The molecule has 1 unspecified atom stereocenters. The van der Waals surface area contributed by atoms with Crippen LogP contribution in [0.1, 0.15) is 25.6 Å². The van der Waals surface area contributed by atoms with E-state index in [1.807, 2.05) is 32.2 Å². The molecule has 0 radical (unpaired) electrons. The van der Waals surface area contributed by atoms with Crippen molar-refractivity contribution in [1.82, 2.24) is 20.4 Å². The van der Waals surface area contributed by atoms with Crippen LogP contribution in [0.3, 0.4) is 0 Å². The molecule has 1 aromatic rings. The Morgan fingerprint density at radius 2 is 1.96 bits per heavy atom. The summed E-state index contributed by atoms with van der Waals surface area (Å²) in [5, 5.41) is 8.61. The summed E-state index contributed by atoms with van der Waals surface area (Å²) in [7, 11) is 1.84. The van der Waals surface area contributed by atoms with Crippen LogP contribution in [0.2, 0.25) is 0 Å². The summed E-state index contributed by atoms with van der Waals surface area (Å²) in [5.74, 6) is 1.64. The van der Waals surface area contributed by atoms with Gasteiger partial charge in [-0.3, -0.25) is 14.7 Å². The Morgan fingerprint density at radius 1 is 1.26 bits per heavy atom. The van der Waals surface area contributed by atoms with E-state index in [2.05, 4.69) is 49.9 Å². The first-order valence-electron chi connectivity index (χ1n) is 9.47. The van der Waals surface area contributed by atoms with Crippen LogP contribution < -0.4 is 10.6 Å². The zero-order valence-corrected chi connectivity index (χ0v) is 20.0. The number of nitrogens with zero attached hydrogens (tertiary/aromatic N) is 3. The summed E-state index contributed by atoms with van der Waals surface area (Å²) in [5.41, 5.74) is 0. The Morgan fingerprint density at radius 3 is 2.52 bits per heavy atom. The first-order valence-corrected chi connectivity index (χ1v) is 10.4. The van der Waals surface area contributed by atoms with Gasteiger partial charge in [0.15, 0.2) is 5.96 Å². The molecule has 1 saturated heterocycles. The Balaban J connectivity index is 0.00000364. The van der Waals surface area contributed by atoms with Crippen LogP contribution in [-0.2, 0) is 11.2 Å². The van der Waals surface area contributed by atoms with Crippen LogP contribution in [0.4, 0.5) is 0 Å². The second-order valence-corrected chi connectivity index (χ2v) is 8.33. The molecule has 2 rings (SSSR count). The Labute approximate surface area is 184 Å². The highest BCUT2D eigenvalue weighted by atomic mass is 127. The quantitative estimate of drug-likeness (QED) is 0.338. The van der Waals surface area contributed by atoms with Gasteiger partial charge in [-0.1, -0.05) is 13.0 Å². The molecule has 1 aliphatic rings. The lowest BCUT2D eigenvalue weighted by Gasteiger charge is -2.36.